The van der Waals surface area contributed by atoms with Crippen molar-refractivity contribution in [3.8, 4) is 11.1 Å². The minimum atomic E-state index is -1.39. The summed E-state index contributed by atoms with van der Waals surface area (Å²) >= 11 is 6.90. The Labute approximate surface area is 235 Å². The molecule has 39 heavy (non-hydrogen) atoms. The number of carbonyl (C=O) groups is 1. The molecule has 2 aromatic carbocycles. The normalized spacial score (nSPS) is 23.2. The van der Waals surface area contributed by atoms with Crippen LogP contribution in [0.3, 0.4) is 0 Å². The molecule has 1 aliphatic heterocycles. The van der Waals surface area contributed by atoms with Gasteiger partial charge in [0.05, 0.1) is 13.2 Å². The number of pyridine rings is 1. The zero-order chi connectivity index (χ0) is 27.4. The van der Waals surface area contributed by atoms with Gasteiger partial charge in [-0.2, -0.15) is 0 Å². The number of rotatable bonds is 9. The molecule has 2 fully saturated rings. The minimum absolute atomic E-state index is 0.0583. The third kappa shape index (κ3) is 5.83. The number of amides is 1. The van der Waals surface area contributed by atoms with Crippen molar-refractivity contribution in [3.05, 3.63) is 65.4 Å². The first-order valence-corrected chi connectivity index (χ1v) is 14.3. The highest BCUT2D eigenvalue weighted by Gasteiger charge is 2.45. The van der Waals surface area contributed by atoms with Gasteiger partial charge in [0.15, 0.2) is 0 Å². The molecule has 8 heteroatoms. The summed E-state index contributed by atoms with van der Waals surface area (Å²) in [5.41, 5.74) is 7.00. The number of ether oxygens (including phenoxy) is 2. The smallest absolute Gasteiger partial charge is 0.225 e. The van der Waals surface area contributed by atoms with Crippen molar-refractivity contribution in [2.24, 2.45) is 11.7 Å². The van der Waals surface area contributed by atoms with E-state index in [1.165, 1.54) is 0 Å². The lowest BCUT2D eigenvalue weighted by Crippen LogP contribution is -2.55. The highest BCUT2D eigenvalue weighted by atomic mass is 35.5. The highest BCUT2D eigenvalue weighted by Crippen LogP contribution is 2.44. The Bertz CT molecular complexity index is 1300. The molecule has 1 saturated carbocycles. The van der Waals surface area contributed by atoms with Gasteiger partial charge < -0.3 is 25.2 Å². The molecule has 0 radical (unpaired) electrons. The summed E-state index contributed by atoms with van der Waals surface area (Å²) in [6.45, 7) is 1.78. The number of fused-ring (bicyclic) bond motifs is 1. The first-order chi connectivity index (χ1) is 18.9. The second kappa shape index (κ2) is 12.3. The SMILES string of the molecule is COCCCC[C@](O)(c1cccc(Cl)c1-c1cncc2ccccc12)[C@H]1CN(C(=O)[C@@H]2CC[C@H](N)C2)CCO1. The van der Waals surface area contributed by atoms with Crippen molar-refractivity contribution in [3.63, 3.8) is 0 Å². The number of nitrogens with zero attached hydrogens (tertiary/aromatic N) is 2. The lowest BCUT2D eigenvalue weighted by atomic mass is 9.78. The standard InChI is InChI=1S/C31H38ClN3O4/c1-38-15-5-4-13-31(37,28-20-35(14-16-39-28)30(36)21-11-12-23(33)17-21)26-9-6-10-27(32)29(26)25-19-34-18-22-7-2-3-8-24(22)25/h2-3,6-10,18-19,21,23,28,37H,4-5,11-17,20,33H2,1H3/t21-,23+,28-,31+/m1/s1. The minimum Gasteiger partial charge on any atom is -0.385 e. The van der Waals surface area contributed by atoms with Crippen LogP contribution < -0.4 is 5.73 Å². The number of halogens is 1. The molecule has 208 valence electrons. The highest BCUT2D eigenvalue weighted by molar-refractivity contribution is 6.34. The molecule has 1 amide bonds. The number of aliphatic hydroxyl groups is 1. The Morgan fingerprint density at radius 2 is 2.05 bits per heavy atom. The van der Waals surface area contributed by atoms with E-state index in [0.717, 1.165) is 47.6 Å². The molecule has 0 unspecified atom stereocenters. The molecule has 3 aromatic rings. The third-order valence-corrected chi connectivity index (χ3v) is 8.62. The van der Waals surface area contributed by atoms with Gasteiger partial charge in [0.2, 0.25) is 5.91 Å². The molecule has 2 aliphatic rings. The van der Waals surface area contributed by atoms with E-state index in [1.807, 2.05) is 53.6 Å². The van der Waals surface area contributed by atoms with Gasteiger partial charge in [0.25, 0.3) is 0 Å². The lowest BCUT2D eigenvalue weighted by molar-refractivity contribution is -0.167. The molecule has 0 bridgehead atoms. The van der Waals surface area contributed by atoms with Gasteiger partial charge in [-0.25, -0.2) is 0 Å². The summed E-state index contributed by atoms with van der Waals surface area (Å²) in [6, 6.07) is 13.7. The summed E-state index contributed by atoms with van der Waals surface area (Å²) in [5.74, 6) is 0.0552. The second-order valence-corrected chi connectivity index (χ2v) is 11.3. The van der Waals surface area contributed by atoms with Gasteiger partial charge >= 0.3 is 0 Å². The number of nitrogens with two attached hydrogens (primary N) is 1. The Hall–Kier alpha value is -2.55. The number of hydrogen-bond acceptors (Lipinski definition) is 6. The molecule has 5 rings (SSSR count). The maximum Gasteiger partial charge on any atom is 0.225 e. The van der Waals surface area contributed by atoms with Crippen LogP contribution in [-0.2, 0) is 19.9 Å². The lowest BCUT2D eigenvalue weighted by Gasteiger charge is -2.44. The van der Waals surface area contributed by atoms with Crippen molar-refractivity contribution >= 4 is 28.3 Å². The average molecular weight is 552 g/mol. The number of methoxy groups -OCH3 is 1. The van der Waals surface area contributed by atoms with Crippen LogP contribution in [0.4, 0.5) is 0 Å². The second-order valence-electron chi connectivity index (χ2n) is 10.9. The van der Waals surface area contributed by atoms with Gasteiger partial charge in [-0.3, -0.25) is 9.78 Å². The zero-order valence-electron chi connectivity index (χ0n) is 22.5. The van der Waals surface area contributed by atoms with E-state index < -0.39 is 11.7 Å². The zero-order valence-corrected chi connectivity index (χ0v) is 23.3. The van der Waals surface area contributed by atoms with Crippen LogP contribution in [0.5, 0.6) is 0 Å². The monoisotopic (exact) mass is 551 g/mol. The Morgan fingerprint density at radius 3 is 2.85 bits per heavy atom. The molecular formula is C31H38ClN3O4. The molecular weight excluding hydrogens is 514 g/mol. The molecule has 3 N–H and O–H groups in total. The molecule has 7 nitrogen and oxygen atoms in total. The fraction of sp³-hybridized carbons (Fsp3) is 0.484. The van der Waals surface area contributed by atoms with Crippen molar-refractivity contribution in [2.75, 3.05) is 33.4 Å². The van der Waals surface area contributed by atoms with E-state index in [2.05, 4.69) is 4.98 Å². The maximum atomic E-state index is 13.4. The van der Waals surface area contributed by atoms with Crippen molar-refractivity contribution in [2.45, 2.75) is 56.3 Å². The Balaban J connectivity index is 1.55. The van der Waals surface area contributed by atoms with Gasteiger partial charge in [-0.1, -0.05) is 48.0 Å². The van der Waals surface area contributed by atoms with E-state index in [9.17, 15) is 9.90 Å². The summed E-state index contributed by atoms with van der Waals surface area (Å²) in [5, 5.41) is 15.2. The number of benzene rings is 2. The van der Waals surface area contributed by atoms with Gasteiger partial charge in [-0.05, 0) is 55.5 Å². The maximum absolute atomic E-state index is 13.4. The molecule has 2 heterocycles. The number of morpholine rings is 1. The van der Waals surface area contributed by atoms with E-state index in [4.69, 9.17) is 26.8 Å². The van der Waals surface area contributed by atoms with Gasteiger partial charge in [0.1, 0.15) is 11.7 Å². The summed E-state index contributed by atoms with van der Waals surface area (Å²) in [4.78, 5) is 19.8. The van der Waals surface area contributed by atoms with Crippen LogP contribution in [0.1, 0.15) is 44.1 Å². The van der Waals surface area contributed by atoms with E-state index in [1.54, 1.807) is 13.3 Å². The van der Waals surface area contributed by atoms with Crippen LogP contribution in [-0.4, -0.2) is 66.5 Å². The third-order valence-electron chi connectivity index (χ3n) is 8.31. The molecule has 0 spiro atoms. The van der Waals surface area contributed by atoms with E-state index in [0.29, 0.717) is 49.7 Å². The van der Waals surface area contributed by atoms with Crippen molar-refractivity contribution < 1.29 is 19.4 Å². The van der Waals surface area contributed by atoms with E-state index >= 15 is 0 Å². The number of aromatic nitrogens is 1. The molecule has 1 saturated heterocycles. The first kappa shape index (κ1) is 28.0. The number of carbonyl (C=O) groups excluding carboxylic acids is 1. The number of unbranched alkanes of at least 4 members (excludes halogenated alkanes) is 1. The topological polar surface area (TPSA) is 97.9 Å². The predicted octanol–water partition coefficient (Wildman–Crippen LogP) is 4.91. The van der Waals surface area contributed by atoms with Gasteiger partial charge in [0, 0.05) is 66.2 Å². The fourth-order valence-electron chi connectivity index (χ4n) is 6.22. The van der Waals surface area contributed by atoms with Crippen LogP contribution in [0, 0.1) is 5.92 Å². The first-order valence-electron chi connectivity index (χ1n) is 13.9. The van der Waals surface area contributed by atoms with Crippen LogP contribution >= 0.6 is 11.6 Å². The summed E-state index contributed by atoms with van der Waals surface area (Å²) in [7, 11) is 1.68. The largest absolute Gasteiger partial charge is 0.385 e. The van der Waals surface area contributed by atoms with Crippen LogP contribution in [0.15, 0.2) is 54.9 Å². The fourth-order valence-corrected chi connectivity index (χ4v) is 6.50. The quantitative estimate of drug-likeness (QED) is 0.367. The predicted molar refractivity (Wildman–Crippen MR) is 153 cm³/mol. The molecule has 1 aromatic heterocycles. The average Bonchev–Trinajstić information content (AvgIpc) is 3.40. The van der Waals surface area contributed by atoms with Crippen LogP contribution in [0.2, 0.25) is 5.02 Å². The van der Waals surface area contributed by atoms with Gasteiger partial charge in [-0.15, -0.1) is 0 Å². The number of hydrogen-bond donors (Lipinski definition) is 2. The molecule has 4 atom stereocenters. The Morgan fingerprint density at radius 1 is 1.21 bits per heavy atom. The van der Waals surface area contributed by atoms with E-state index in [-0.39, 0.29) is 17.9 Å². The Kier molecular flexibility index (Phi) is 8.84. The summed E-state index contributed by atoms with van der Waals surface area (Å²) in [6.07, 6.45) is 7.36. The van der Waals surface area contributed by atoms with Crippen molar-refractivity contribution in [1.29, 1.82) is 0 Å². The summed E-state index contributed by atoms with van der Waals surface area (Å²) < 4.78 is 11.6. The van der Waals surface area contributed by atoms with Crippen molar-refractivity contribution in [1.82, 2.24) is 9.88 Å². The molecule has 1 aliphatic carbocycles. The van der Waals surface area contributed by atoms with Crippen LogP contribution in [0.25, 0.3) is 21.9 Å².